The lowest BCUT2D eigenvalue weighted by Gasteiger charge is -2.16. The quantitative estimate of drug-likeness (QED) is 0.752. The van der Waals surface area contributed by atoms with Gasteiger partial charge in [-0.05, 0) is 41.2 Å². The largest absolute Gasteiger partial charge is 0.433 e. The van der Waals surface area contributed by atoms with Gasteiger partial charge in [0.2, 0.25) is 5.91 Å². The summed E-state index contributed by atoms with van der Waals surface area (Å²) < 4.78 is 30.1. The van der Waals surface area contributed by atoms with Gasteiger partial charge in [-0.2, -0.15) is 8.78 Å². The molecule has 0 radical (unpaired) electrons. The van der Waals surface area contributed by atoms with Gasteiger partial charge in [0.05, 0.1) is 12.2 Å². The maximum Gasteiger partial charge on any atom is 0.387 e. The standard InChI is InChI=1S/C15H15BrF2N2O2S/c1-20(7-11-6-10(16)9-23-11)8-14(21)19-12-4-2-3-5-13(12)22-15(17)18/h2-6,9,15H,7-8H2,1H3,(H,19,21). The van der Waals surface area contributed by atoms with E-state index in [1.54, 1.807) is 23.5 Å². The second-order valence-electron chi connectivity index (χ2n) is 4.83. The molecule has 0 aliphatic heterocycles. The highest BCUT2D eigenvalue weighted by Gasteiger charge is 2.13. The molecule has 1 heterocycles. The molecule has 1 N–H and O–H groups in total. The molecule has 1 amide bonds. The molecule has 0 atom stereocenters. The molecule has 0 bridgehead atoms. The van der Waals surface area contributed by atoms with Crippen LogP contribution in [0.1, 0.15) is 4.88 Å². The Morgan fingerprint density at radius 3 is 2.83 bits per heavy atom. The van der Waals surface area contributed by atoms with Gasteiger partial charge in [0, 0.05) is 21.3 Å². The second kappa shape index (κ2) is 8.37. The predicted octanol–water partition coefficient (Wildman–Crippen LogP) is 4.18. The highest BCUT2D eigenvalue weighted by molar-refractivity contribution is 9.10. The lowest BCUT2D eigenvalue weighted by molar-refractivity contribution is -0.117. The van der Waals surface area contributed by atoms with Crippen molar-refractivity contribution in [1.82, 2.24) is 4.90 Å². The molecule has 0 saturated carbocycles. The van der Waals surface area contributed by atoms with Crippen molar-refractivity contribution in [2.24, 2.45) is 0 Å². The summed E-state index contributed by atoms with van der Waals surface area (Å²) in [6, 6.07) is 8.10. The summed E-state index contributed by atoms with van der Waals surface area (Å²) >= 11 is 4.98. The lowest BCUT2D eigenvalue weighted by atomic mass is 10.3. The number of ether oxygens (including phenoxy) is 1. The first kappa shape index (κ1) is 17.8. The second-order valence-corrected chi connectivity index (χ2v) is 6.74. The number of para-hydroxylation sites is 2. The lowest BCUT2D eigenvalue weighted by Crippen LogP contribution is -2.29. The van der Waals surface area contributed by atoms with E-state index in [9.17, 15) is 13.6 Å². The van der Waals surface area contributed by atoms with Crippen LogP contribution in [0.25, 0.3) is 0 Å². The molecule has 0 aliphatic carbocycles. The van der Waals surface area contributed by atoms with Gasteiger partial charge in [-0.25, -0.2) is 0 Å². The van der Waals surface area contributed by atoms with E-state index in [4.69, 9.17) is 0 Å². The predicted molar refractivity (Wildman–Crippen MR) is 90.1 cm³/mol. The zero-order chi connectivity index (χ0) is 16.8. The number of thiophene rings is 1. The Morgan fingerprint density at radius 1 is 1.43 bits per heavy atom. The van der Waals surface area contributed by atoms with Crippen molar-refractivity contribution in [2.75, 3.05) is 18.9 Å². The highest BCUT2D eigenvalue weighted by atomic mass is 79.9. The van der Waals surface area contributed by atoms with Gasteiger partial charge in [-0.15, -0.1) is 11.3 Å². The molecule has 0 unspecified atom stereocenters. The molecule has 2 aromatic rings. The zero-order valence-electron chi connectivity index (χ0n) is 12.3. The Bertz CT molecular complexity index is 666. The molecule has 4 nitrogen and oxygen atoms in total. The molecule has 2 rings (SSSR count). The number of likely N-dealkylation sites (N-methyl/N-ethyl adjacent to an activating group) is 1. The summed E-state index contributed by atoms with van der Waals surface area (Å²) in [5.74, 6) is -0.353. The minimum Gasteiger partial charge on any atom is -0.433 e. The maximum atomic E-state index is 12.3. The summed E-state index contributed by atoms with van der Waals surface area (Å²) in [6.07, 6.45) is 0. The van der Waals surface area contributed by atoms with Crippen molar-refractivity contribution in [3.63, 3.8) is 0 Å². The Labute approximate surface area is 145 Å². The van der Waals surface area contributed by atoms with E-state index in [-0.39, 0.29) is 23.9 Å². The number of carbonyl (C=O) groups excluding carboxylic acids is 1. The summed E-state index contributed by atoms with van der Waals surface area (Å²) in [7, 11) is 1.81. The molecule has 0 spiro atoms. The van der Waals surface area contributed by atoms with E-state index >= 15 is 0 Å². The van der Waals surface area contributed by atoms with Gasteiger partial charge in [0.1, 0.15) is 5.75 Å². The van der Waals surface area contributed by atoms with Gasteiger partial charge in [-0.3, -0.25) is 9.69 Å². The Morgan fingerprint density at radius 2 is 2.17 bits per heavy atom. The SMILES string of the molecule is CN(CC(=O)Nc1ccccc1OC(F)F)Cc1cc(Br)cs1. The van der Waals surface area contributed by atoms with E-state index in [1.807, 2.05) is 23.4 Å². The molecule has 8 heteroatoms. The Balaban J connectivity index is 1.91. The molecular formula is C15H15BrF2N2O2S. The van der Waals surface area contributed by atoms with Crippen LogP contribution in [-0.2, 0) is 11.3 Å². The maximum absolute atomic E-state index is 12.3. The third-order valence-electron chi connectivity index (χ3n) is 2.84. The Hall–Kier alpha value is -1.51. The van der Waals surface area contributed by atoms with Crippen LogP contribution >= 0.6 is 27.3 Å². The van der Waals surface area contributed by atoms with Crippen molar-refractivity contribution in [1.29, 1.82) is 0 Å². The van der Waals surface area contributed by atoms with Crippen molar-refractivity contribution in [2.45, 2.75) is 13.2 Å². The van der Waals surface area contributed by atoms with Crippen LogP contribution in [-0.4, -0.2) is 31.0 Å². The average molecular weight is 405 g/mol. The molecule has 1 aromatic heterocycles. The van der Waals surface area contributed by atoms with E-state index < -0.39 is 6.61 Å². The normalized spacial score (nSPS) is 11.0. The number of nitrogens with one attached hydrogen (secondary N) is 1. The number of halogens is 3. The highest BCUT2D eigenvalue weighted by Crippen LogP contribution is 2.25. The minimum absolute atomic E-state index is 0.0549. The molecule has 1 aromatic carbocycles. The van der Waals surface area contributed by atoms with Crippen molar-refractivity contribution >= 4 is 38.9 Å². The van der Waals surface area contributed by atoms with Crippen LogP contribution in [0.5, 0.6) is 5.75 Å². The van der Waals surface area contributed by atoms with E-state index in [1.165, 1.54) is 12.1 Å². The van der Waals surface area contributed by atoms with Crippen LogP contribution < -0.4 is 10.1 Å². The summed E-state index contributed by atoms with van der Waals surface area (Å²) in [4.78, 5) is 15.0. The topological polar surface area (TPSA) is 41.6 Å². The minimum atomic E-state index is -2.94. The van der Waals surface area contributed by atoms with Crippen LogP contribution in [0.15, 0.2) is 40.2 Å². The van der Waals surface area contributed by atoms with Gasteiger partial charge in [-0.1, -0.05) is 12.1 Å². The van der Waals surface area contributed by atoms with E-state index in [2.05, 4.69) is 26.0 Å². The average Bonchev–Trinajstić information content (AvgIpc) is 2.85. The van der Waals surface area contributed by atoms with Crippen LogP contribution in [0.2, 0.25) is 0 Å². The fourth-order valence-electron chi connectivity index (χ4n) is 1.96. The van der Waals surface area contributed by atoms with Gasteiger partial charge in [0.15, 0.2) is 0 Å². The summed E-state index contributed by atoms with van der Waals surface area (Å²) in [6.45, 7) is -2.18. The number of nitrogens with zero attached hydrogens (tertiary/aromatic N) is 1. The fourth-order valence-corrected chi connectivity index (χ4v) is 3.49. The number of anilines is 1. The first-order valence-corrected chi connectivity index (χ1v) is 8.36. The van der Waals surface area contributed by atoms with E-state index in [0.717, 1.165) is 9.35 Å². The van der Waals surface area contributed by atoms with Crippen LogP contribution in [0, 0.1) is 0 Å². The van der Waals surface area contributed by atoms with Crippen LogP contribution in [0.4, 0.5) is 14.5 Å². The molecule has 124 valence electrons. The van der Waals surface area contributed by atoms with E-state index in [0.29, 0.717) is 6.54 Å². The third-order valence-corrected chi connectivity index (χ3v) is 4.52. The number of benzene rings is 1. The number of alkyl halides is 2. The fraction of sp³-hybridized carbons (Fsp3) is 0.267. The monoisotopic (exact) mass is 404 g/mol. The van der Waals surface area contributed by atoms with Crippen molar-refractivity contribution < 1.29 is 18.3 Å². The van der Waals surface area contributed by atoms with Crippen LogP contribution in [0.3, 0.4) is 0 Å². The number of rotatable bonds is 7. The smallest absolute Gasteiger partial charge is 0.387 e. The van der Waals surface area contributed by atoms with Gasteiger partial charge in [0.25, 0.3) is 0 Å². The number of carbonyl (C=O) groups is 1. The molecular weight excluding hydrogens is 390 g/mol. The number of hydrogen-bond acceptors (Lipinski definition) is 4. The van der Waals surface area contributed by atoms with Crippen molar-refractivity contribution in [3.8, 4) is 5.75 Å². The first-order chi connectivity index (χ1) is 10.9. The summed E-state index contributed by atoms with van der Waals surface area (Å²) in [5.41, 5.74) is 0.227. The first-order valence-electron chi connectivity index (χ1n) is 6.69. The third kappa shape index (κ3) is 5.89. The summed E-state index contributed by atoms with van der Waals surface area (Å²) in [5, 5.41) is 4.57. The molecule has 23 heavy (non-hydrogen) atoms. The number of hydrogen-bond donors (Lipinski definition) is 1. The molecule has 0 aliphatic rings. The molecule has 0 saturated heterocycles. The molecule has 0 fully saturated rings. The zero-order valence-corrected chi connectivity index (χ0v) is 14.7. The Kier molecular flexibility index (Phi) is 6.49. The van der Waals surface area contributed by atoms with Gasteiger partial charge >= 0.3 is 6.61 Å². The van der Waals surface area contributed by atoms with Crippen molar-refractivity contribution in [3.05, 3.63) is 45.1 Å². The van der Waals surface area contributed by atoms with Gasteiger partial charge < -0.3 is 10.1 Å². The number of amides is 1.